The number of hydrogen-bond donors (Lipinski definition) is 1. The van der Waals surface area contributed by atoms with Gasteiger partial charge in [0.25, 0.3) is 0 Å². The summed E-state index contributed by atoms with van der Waals surface area (Å²) in [4.78, 5) is 12.5. The van der Waals surface area contributed by atoms with Gasteiger partial charge >= 0.3 is 0 Å². The summed E-state index contributed by atoms with van der Waals surface area (Å²) in [5.41, 5.74) is 4.20. The van der Waals surface area contributed by atoms with Gasteiger partial charge in [-0.25, -0.2) is 9.97 Å². The van der Waals surface area contributed by atoms with Crippen LogP contribution < -0.4 is 5.32 Å². The summed E-state index contributed by atoms with van der Waals surface area (Å²) >= 11 is 3.44. The van der Waals surface area contributed by atoms with Crippen LogP contribution in [0.5, 0.6) is 0 Å². The Bertz CT molecular complexity index is 492. The van der Waals surface area contributed by atoms with Gasteiger partial charge in [-0.1, -0.05) is 0 Å². The summed E-state index contributed by atoms with van der Waals surface area (Å²) in [6.45, 7) is 4.74. The molecule has 98 valence electrons. The van der Waals surface area contributed by atoms with Crippen LogP contribution in [-0.2, 0) is 19.6 Å². The summed E-state index contributed by atoms with van der Waals surface area (Å²) in [6.07, 6.45) is 0. The monoisotopic (exact) mass is 282 g/mol. The predicted octanol–water partition coefficient (Wildman–Crippen LogP) is 2.26. The van der Waals surface area contributed by atoms with E-state index < -0.39 is 0 Å². The van der Waals surface area contributed by atoms with Gasteiger partial charge in [-0.05, 0) is 21.0 Å². The van der Waals surface area contributed by atoms with E-state index in [9.17, 15) is 0 Å². The van der Waals surface area contributed by atoms with Crippen molar-refractivity contribution in [3.63, 3.8) is 0 Å². The summed E-state index contributed by atoms with van der Waals surface area (Å²) in [7, 11) is 4.07. The summed E-state index contributed by atoms with van der Waals surface area (Å²) in [5.74, 6) is 0. The molecule has 0 atom stereocenters. The minimum Gasteiger partial charge on any atom is -0.314 e. The molecule has 2 aromatic rings. The molecule has 0 bridgehead atoms. The van der Waals surface area contributed by atoms with E-state index in [0.717, 1.165) is 36.0 Å². The lowest BCUT2D eigenvalue weighted by Gasteiger charge is -2.14. The summed E-state index contributed by atoms with van der Waals surface area (Å²) < 4.78 is 0. The molecule has 18 heavy (non-hydrogen) atoms. The van der Waals surface area contributed by atoms with Gasteiger partial charge in [-0.15, -0.1) is 22.7 Å². The Balaban J connectivity index is 1.90. The molecule has 4 nitrogen and oxygen atoms in total. The minimum absolute atomic E-state index is 0.850. The van der Waals surface area contributed by atoms with E-state index in [4.69, 9.17) is 0 Å². The van der Waals surface area contributed by atoms with Crippen molar-refractivity contribution in [1.82, 2.24) is 20.2 Å². The highest BCUT2D eigenvalue weighted by atomic mass is 32.1. The number of thiazole rings is 2. The van der Waals surface area contributed by atoms with Gasteiger partial charge in [-0.3, -0.25) is 4.90 Å². The van der Waals surface area contributed by atoms with Crippen molar-refractivity contribution in [2.45, 2.75) is 26.6 Å². The van der Waals surface area contributed by atoms with Crippen molar-refractivity contribution in [3.8, 4) is 0 Å². The molecule has 2 heterocycles. The zero-order valence-corrected chi connectivity index (χ0v) is 12.6. The van der Waals surface area contributed by atoms with Crippen LogP contribution in [0.1, 0.15) is 21.3 Å². The Kier molecular flexibility index (Phi) is 4.82. The standard InChI is InChI=1S/C12H18N4S2/c1-9-11(18-8-14-9)6-16(3)5-10-7-17-12(15-10)4-13-2/h7-8,13H,4-6H2,1-3H3. The van der Waals surface area contributed by atoms with Gasteiger partial charge < -0.3 is 5.32 Å². The Morgan fingerprint density at radius 1 is 1.33 bits per heavy atom. The zero-order valence-electron chi connectivity index (χ0n) is 10.9. The second-order valence-corrected chi connectivity index (χ2v) is 6.18. The number of aryl methyl sites for hydroxylation is 1. The lowest BCUT2D eigenvalue weighted by Crippen LogP contribution is -2.17. The smallest absolute Gasteiger partial charge is 0.107 e. The second kappa shape index (κ2) is 6.38. The molecular formula is C12H18N4S2. The van der Waals surface area contributed by atoms with E-state index in [2.05, 4.69) is 39.5 Å². The quantitative estimate of drug-likeness (QED) is 0.882. The zero-order chi connectivity index (χ0) is 13.0. The Morgan fingerprint density at radius 3 is 2.83 bits per heavy atom. The van der Waals surface area contributed by atoms with Crippen LogP contribution in [0.3, 0.4) is 0 Å². The molecule has 0 aliphatic carbocycles. The third-order valence-corrected chi connectivity index (χ3v) is 4.44. The number of nitrogens with one attached hydrogen (secondary N) is 1. The Labute approximate surface area is 116 Å². The van der Waals surface area contributed by atoms with Crippen LogP contribution in [-0.4, -0.2) is 29.0 Å². The van der Waals surface area contributed by atoms with Gasteiger partial charge in [0, 0.05) is 29.9 Å². The van der Waals surface area contributed by atoms with Crippen LogP contribution in [0.4, 0.5) is 0 Å². The second-order valence-electron chi connectivity index (χ2n) is 4.30. The topological polar surface area (TPSA) is 41.1 Å². The normalized spacial score (nSPS) is 11.3. The molecule has 0 aromatic carbocycles. The van der Waals surface area contributed by atoms with Gasteiger partial charge in [-0.2, -0.15) is 0 Å². The number of rotatable bonds is 6. The largest absolute Gasteiger partial charge is 0.314 e. The van der Waals surface area contributed by atoms with Crippen molar-refractivity contribution in [2.75, 3.05) is 14.1 Å². The highest BCUT2D eigenvalue weighted by Crippen LogP contribution is 2.16. The predicted molar refractivity (Wildman–Crippen MR) is 76.9 cm³/mol. The lowest BCUT2D eigenvalue weighted by molar-refractivity contribution is 0.317. The molecule has 1 N–H and O–H groups in total. The average molecular weight is 282 g/mol. The van der Waals surface area contributed by atoms with Gasteiger partial charge in [0.2, 0.25) is 0 Å². The van der Waals surface area contributed by atoms with Gasteiger partial charge in [0.05, 0.1) is 16.9 Å². The van der Waals surface area contributed by atoms with E-state index in [-0.39, 0.29) is 0 Å². The first kappa shape index (κ1) is 13.6. The van der Waals surface area contributed by atoms with Crippen molar-refractivity contribution in [3.05, 3.63) is 32.2 Å². The lowest BCUT2D eigenvalue weighted by atomic mass is 10.3. The van der Waals surface area contributed by atoms with Crippen LogP contribution in [0, 0.1) is 6.92 Å². The molecule has 2 rings (SSSR count). The fourth-order valence-electron chi connectivity index (χ4n) is 1.71. The molecule has 6 heteroatoms. The van der Waals surface area contributed by atoms with E-state index in [1.54, 1.807) is 22.7 Å². The van der Waals surface area contributed by atoms with Crippen molar-refractivity contribution >= 4 is 22.7 Å². The third-order valence-electron chi connectivity index (χ3n) is 2.62. The van der Waals surface area contributed by atoms with E-state index in [0.29, 0.717) is 0 Å². The van der Waals surface area contributed by atoms with E-state index in [1.807, 2.05) is 12.6 Å². The van der Waals surface area contributed by atoms with E-state index >= 15 is 0 Å². The molecule has 0 aliphatic rings. The molecule has 0 aliphatic heterocycles. The molecule has 0 saturated carbocycles. The third kappa shape index (κ3) is 3.58. The molecule has 0 radical (unpaired) electrons. The number of nitrogens with zero attached hydrogens (tertiary/aromatic N) is 3. The van der Waals surface area contributed by atoms with Crippen molar-refractivity contribution < 1.29 is 0 Å². The SMILES string of the molecule is CNCc1nc(CN(C)Cc2scnc2C)cs1. The molecule has 2 aromatic heterocycles. The fraction of sp³-hybridized carbons (Fsp3) is 0.500. The molecule has 0 amide bonds. The van der Waals surface area contributed by atoms with Crippen molar-refractivity contribution in [2.24, 2.45) is 0 Å². The number of aromatic nitrogens is 2. The van der Waals surface area contributed by atoms with Crippen molar-refractivity contribution in [1.29, 1.82) is 0 Å². The first-order chi connectivity index (χ1) is 8.69. The molecule has 0 spiro atoms. The first-order valence-electron chi connectivity index (χ1n) is 5.84. The molecule has 0 saturated heterocycles. The van der Waals surface area contributed by atoms with Gasteiger partial charge in [0.1, 0.15) is 5.01 Å². The minimum atomic E-state index is 0.850. The average Bonchev–Trinajstić information content (AvgIpc) is 2.90. The summed E-state index contributed by atoms with van der Waals surface area (Å²) in [6, 6.07) is 0. The maximum Gasteiger partial charge on any atom is 0.107 e. The van der Waals surface area contributed by atoms with Crippen LogP contribution in [0.25, 0.3) is 0 Å². The Morgan fingerprint density at radius 2 is 2.17 bits per heavy atom. The van der Waals surface area contributed by atoms with Gasteiger partial charge in [0.15, 0.2) is 0 Å². The fourth-order valence-corrected chi connectivity index (χ4v) is 3.36. The molecular weight excluding hydrogens is 264 g/mol. The maximum absolute atomic E-state index is 4.59. The summed E-state index contributed by atoms with van der Waals surface area (Å²) in [5, 5.41) is 6.41. The first-order valence-corrected chi connectivity index (χ1v) is 7.60. The van der Waals surface area contributed by atoms with Crippen LogP contribution in [0.2, 0.25) is 0 Å². The highest BCUT2D eigenvalue weighted by Gasteiger charge is 2.08. The molecule has 0 unspecified atom stereocenters. The van der Waals surface area contributed by atoms with Crippen LogP contribution in [0.15, 0.2) is 10.9 Å². The Hall–Kier alpha value is -0.820. The maximum atomic E-state index is 4.59. The van der Waals surface area contributed by atoms with Crippen LogP contribution >= 0.6 is 22.7 Å². The highest BCUT2D eigenvalue weighted by molar-refractivity contribution is 7.10. The molecule has 0 fully saturated rings. The van der Waals surface area contributed by atoms with E-state index in [1.165, 1.54) is 4.88 Å². The number of hydrogen-bond acceptors (Lipinski definition) is 6.